The summed E-state index contributed by atoms with van der Waals surface area (Å²) in [6.45, 7) is 0. The Bertz CT molecular complexity index is 3900. The van der Waals surface area contributed by atoms with Crippen LogP contribution in [-0.4, -0.2) is 9.13 Å². The molecule has 13 aromatic rings. The first kappa shape index (κ1) is 35.4. The number of rotatable bonds is 6. The lowest BCUT2D eigenvalue weighted by Gasteiger charge is -2.28. The summed E-state index contributed by atoms with van der Waals surface area (Å²) in [6, 6.07) is 86.5. The van der Waals surface area contributed by atoms with E-state index >= 15 is 0 Å². The first-order valence-corrected chi connectivity index (χ1v) is 21.7. The van der Waals surface area contributed by atoms with Gasteiger partial charge in [0.15, 0.2) is 0 Å². The minimum Gasteiger partial charge on any atom is -0.309 e. The average Bonchev–Trinajstić information content (AvgIpc) is 3.88. The highest BCUT2D eigenvalue weighted by molar-refractivity contribution is 6.21. The first-order valence-electron chi connectivity index (χ1n) is 21.7. The van der Waals surface area contributed by atoms with Crippen LogP contribution in [0.3, 0.4) is 0 Å². The Morgan fingerprint density at radius 3 is 1.54 bits per heavy atom. The van der Waals surface area contributed by atoms with E-state index in [1.165, 1.54) is 81.5 Å². The molecule has 3 nitrogen and oxygen atoms in total. The van der Waals surface area contributed by atoms with Gasteiger partial charge in [0, 0.05) is 44.0 Å². The van der Waals surface area contributed by atoms with E-state index < -0.39 is 0 Å². The zero-order chi connectivity index (χ0) is 41.4. The van der Waals surface area contributed by atoms with Crippen LogP contribution < -0.4 is 4.90 Å². The Kier molecular flexibility index (Phi) is 7.91. The molecule has 0 amide bonds. The highest BCUT2D eigenvalue weighted by atomic mass is 15.2. The largest absolute Gasteiger partial charge is 0.309 e. The molecule has 0 N–H and O–H groups in total. The Morgan fingerprint density at radius 1 is 0.270 bits per heavy atom. The summed E-state index contributed by atoms with van der Waals surface area (Å²) >= 11 is 0. The predicted molar refractivity (Wildman–Crippen MR) is 268 cm³/mol. The summed E-state index contributed by atoms with van der Waals surface area (Å²) in [7, 11) is 0. The molecule has 0 saturated carbocycles. The maximum absolute atomic E-state index is 2.48. The lowest BCUT2D eigenvalue weighted by atomic mass is 9.96. The van der Waals surface area contributed by atoms with E-state index in [1.54, 1.807) is 0 Å². The summed E-state index contributed by atoms with van der Waals surface area (Å²) in [5.74, 6) is 0. The fourth-order valence-electron chi connectivity index (χ4n) is 10.3. The molecule has 2 heterocycles. The Labute approximate surface area is 364 Å². The molecule has 0 spiro atoms. The highest BCUT2D eigenvalue weighted by Crippen LogP contribution is 2.47. The third-order valence-corrected chi connectivity index (χ3v) is 13.1. The highest BCUT2D eigenvalue weighted by Gasteiger charge is 2.23. The van der Waals surface area contributed by atoms with Gasteiger partial charge >= 0.3 is 0 Å². The van der Waals surface area contributed by atoms with Crippen molar-refractivity contribution >= 4 is 93.0 Å². The fraction of sp³-hybridized carbons (Fsp3) is 0. The minimum absolute atomic E-state index is 1.09. The summed E-state index contributed by atoms with van der Waals surface area (Å²) in [4.78, 5) is 2.48. The molecule has 294 valence electrons. The molecule has 0 aliphatic carbocycles. The van der Waals surface area contributed by atoms with Crippen molar-refractivity contribution in [3.63, 3.8) is 0 Å². The van der Waals surface area contributed by atoms with Crippen LogP contribution in [0.25, 0.3) is 98.4 Å². The van der Waals surface area contributed by atoms with Crippen molar-refractivity contribution in [1.29, 1.82) is 0 Å². The SMILES string of the molecule is c1ccc(-n2c3ccccc3c3cc(-c4ccc(N(c5cccc6c5ccc5c7ccccc7ccc65)c5cccc6c7ccccc7n(-c7ccccc7)c56)cc4)ccc32)cc1. The third kappa shape index (κ3) is 5.46. The van der Waals surface area contributed by atoms with Crippen molar-refractivity contribution in [3.8, 4) is 22.5 Å². The van der Waals surface area contributed by atoms with E-state index in [2.05, 4.69) is 251 Å². The normalized spacial score (nSPS) is 11.8. The van der Waals surface area contributed by atoms with Crippen molar-refractivity contribution in [3.05, 3.63) is 237 Å². The van der Waals surface area contributed by atoms with Crippen LogP contribution in [0.1, 0.15) is 0 Å². The zero-order valence-corrected chi connectivity index (χ0v) is 34.4. The lowest BCUT2D eigenvalue weighted by Crippen LogP contribution is -2.12. The molecule has 0 aliphatic heterocycles. The van der Waals surface area contributed by atoms with Gasteiger partial charge < -0.3 is 14.0 Å². The van der Waals surface area contributed by atoms with Crippen LogP contribution in [0.15, 0.2) is 237 Å². The number of fused-ring (bicyclic) bond motifs is 11. The van der Waals surface area contributed by atoms with Gasteiger partial charge in [-0.25, -0.2) is 0 Å². The van der Waals surface area contributed by atoms with Gasteiger partial charge in [0.1, 0.15) is 0 Å². The number of anilines is 3. The van der Waals surface area contributed by atoms with Gasteiger partial charge in [-0.2, -0.15) is 0 Å². The van der Waals surface area contributed by atoms with Gasteiger partial charge in [0.05, 0.1) is 33.4 Å². The van der Waals surface area contributed by atoms with E-state index in [0.29, 0.717) is 0 Å². The first-order chi connectivity index (χ1) is 31.3. The summed E-state index contributed by atoms with van der Waals surface area (Å²) in [6.07, 6.45) is 0. The molecule has 11 aromatic carbocycles. The predicted octanol–water partition coefficient (Wildman–Crippen LogP) is 16.5. The molecule has 0 fully saturated rings. The monoisotopic (exact) mass is 801 g/mol. The smallest absolute Gasteiger partial charge is 0.0782 e. The average molecular weight is 802 g/mol. The number of nitrogens with zero attached hydrogens (tertiary/aromatic N) is 3. The van der Waals surface area contributed by atoms with E-state index in [1.807, 2.05) is 0 Å². The molecular weight excluding hydrogens is 763 g/mol. The van der Waals surface area contributed by atoms with Crippen LogP contribution in [0.5, 0.6) is 0 Å². The van der Waals surface area contributed by atoms with Crippen molar-refractivity contribution in [1.82, 2.24) is 9.13 Å². The maximum atomic E-state index is 2.48. The van der Waals surface area contributed by atoms with E-state index in [-0.39, 0.29) is 0 Å². The van der Waals surface area contributed by atoms with E-state index in [4.69, 9.17) is 0 Å². The topological polar surface area (TPSA) is 13.1 Å². The van der Waals surface area contributed by atoms with Gasteiger partial charge in [-0.1, -0.05) is 164 Å². The molecule has 13 rings (SSSR count). The lowest BCUT2D eigenvalue weighted by molar-refractivity contribution is 1.17. The molecular formula is C60H39N3. The molecule has 3 heteroatoms. The molecule has 0 radical (unpaired) electrons. The van der Waals surface area contributed by atoms with E-state index in [0.717, 1.165) is 34.0 Å². The molecule has 0 bridgehead atoms. The van der Waals surface area contributed by atoms with Gasteiger partial charge in [-0.3, -0.25) is 0 Å². The second-order valence-corrected chi connectivity index (χ2v) is 16.5. The van der Waals surface area contributed by atoms with Crippen LogP contribution in [0, 0.1) is 0 Å². The number of hydrogen-bond acceptors (Lipinski definition) is 1. The fourth-order valence-corrected chi connectivity index (χ4v) is 10.3. The number of para-hydroxylation sites is 5. The van der Waals surface area contributed by atoms with Crippen molar-refractivity contribution in [2.45, 2.75) is 0 Å². The third-order valence-electron chi connectivity index (χ3n) is 13.1. The van der Waals surface area contributed by atoms with Crippen molar-refractivity contribution in [2.24, 2.45) is 0 Å². The standard InChI is InChI=1S/C60H39N3/c1-3-16-43(17-4-1)61-55-25-11-10-22-51(55)54-39-42(32-38-58(54)61)40-29-33-45(34-30-40)62(56-27-13-23-47-49-35-31-41-15-7-8-20-46(41)48(49)36-37-52(47)56)59-28-14-24-53-50-21-9-12-26-57(50)63(60(53)59)44-18-5-2-6-19-44/h1-39H. The van der Waals surface area contributed by atoms with Gasteiger partial charge in [-0.05, 0) is 111 Å². The number of benzene rings is 11. The second-order valence-electron chi connectivity index (χ2n) is 16.5. The van der Waals surface area contributed by atoms with Crippen LogP contribution in [0.2, 0.25) is 0 Å². The van der Waals surface area contributed by atoms with Crippen LogP contribution in [0.4, 0.5) is 17.1 Å². The zero-order valence-electron chi connectivity index (χ0n) is 34.4. The van der Waals surface area contributed by atoms with E-state index in [9.17, 15) is 0 Å². The van der Waals surface area contributed by atoms with Crippen LogP contribution in [-0.2, 0) is 0 Å². The second kappa shape index (κ2) is 14.1. The van der Waals surface area contributed by atoms with Gasteiger partial charge in [-0.15, -0.1) is 0 Å². The Hall–Kier alpha value is -8.40. The minimum atomic E-state index is 1.09. The van der Waals surface area contributed by atoms with Crippen LogP contribution >= 0.6 is 0 Å². The molecule has 0 aliphatic rings. The summed E-state index contributed by atoms with van der Waals surface area (Å²) in [5.41, 5.74) is 12.7. The van der Waals surface area contributed by atoms with Gasteiger partial charge in [0.25, 0.3) is 0 Å². The van der Waals surface area contributed by atoms with Crippen molar-refractivity contribution in [2.75, 3.05) is 4.90 Å². The van der Waals surface area contributed by atoms with Crippen molar-refractivity contribution < 1.29 is 0 Å². The molecule has 0 saturated heterocycles. The number of hydrogen-bond donors (Lipinski definition) is 0. The van der Waals surface area contributed by atoms with Gasteiger partial charge in [0.2, 0.25) is 0 Å². The summed E-state index contributed by atoms with van der Waals surface area (Å²) in [5, 5.41) is 12.4. The molecule has 2 aromatic heterocycles. The molecule has 63 heavy (non-hydrogen) atoms. The summed E-state index contributed by atoms with van der Waals surface area (Å²) < 4.78 is 4.82. The maximum Gasteiger partial charge on any atom is 0.0782 e. The molecule has 0 atom stereocenters. The number of aromatic nitrogens is 2. The Morgan fingerprint density at radius 2 is 0.778 bits per heavy atom. The Balaban J connectivity index is 1.04. The molecule has 0 unspecified atom stereocenters. The quantitative estimate of drug-likeness (QED) is 0.153.